The molecule has 1 amide bonds. The molecule has 2 aromatic carbocycles. The molecular weight excluding hydrogens is 436 g/mol. The van der Waals surface area contributed by atoms with Crippen molar-refractivity contribution in [1.82, 2.24) is 15.5 Å². The maximum Gasteiger partial charge on any atom is 0.246 e. The highest BCUT2D eigenvalue weighted by Crippen LogP contribution is 2.21. The lowest BCUT2D eigenvalue weighted by Crippen LogP contribution is -2.26. The van der Waals surface area contributed by atoms with Crippen LogP contribution in [0.25, 0.3) is 0 Å². The number of benzene rings is 2. The molecule has 7 nitrogen and oxygen atoms in total. The summed E-state index contributed by atoms with van der Waals surface area (Å²) in [6.07, 6.45) is 3.04. The van der Waals surface area contributed by atoms with Crippen LogP contribution in [0.3, 0.4) is 0 Å². The molecule has 3 rings (SSSR count). The van der Waals surface area contributed by atoms with Crippen molar-refractivity contribution in [3.05, 3.63) is 76.8 Å². The second-order valence-corrected chi connectivity index (χ2v) is 9.46. The molecule has 2 N–H and O–H groups in total. The summed E-state index contributed by atoms with van der Waals surface area (Å²) < 4.78 is 24.6. The van der Waals surface area contributed by atoms with Gasteiger partial charge in [0.25, 0.3) is 0 Å². The summed E-state index contributed by atoms with van der Waals surface area (Å²) in [4.78, 5) is 18.4. The van der Waals surface area contributed by atoms with Crippen LogP contribution in [0.15, 0.2) is 70.6 Å². The second-order valence-electron chi connectivity index (χ2n) is 7.09. The molecule has 0 saturated heterocycles. The van der Waals surface area contributed by atoms with E-state index in [1.54, 1.807) is 30.2 Å². The number of carbonyl (C=O) groups is 1. The van der Waals surface area contributed by atoms with Crippen LogP contribution in [-0.2, 0) is 21.2 Å². The number of nitrogens with one attached hydrogen (secondary N) is 2. The molecule has 164 valence electrons. The number of aliphatic imine (C=N–C) groups is 1. The van der Waals surface area contributed by atoms with Gasteiger partial charge in [-0.3, -0.25) is 15.1 Å². The Morgan fingerprint density at radius 3 is 2.65 bits per heavy atom. The van der Waals surface area contributed by atoms with Gasteiger partial charge >= 0.3 is 0 Å². The predicted molar refractivity (Wildman–Crippen MR) is 123 cm³/mol. The minimum atomic E-state index is -3.54. The highest BCUT2D eigenvalue weighted by molar-refractivity contribution is 7.91. The van der Waals surface area contributed by atoms with E-state index in [1.807, 2.05) is 24.3 Å². The van der Waals surface area contributed by atoms with Gasteiger partial charge in [0.2, 0.25) is 5.91 Å². The smallest absolute Gasteiger partial charge is 0.246 e. The van der Waals surface area contributed by atoms with Crippen molar-refractivity contribution in [2.75, 3.05) is 32.6 Å². The molecule has 0 saturated carbocycles. The maximum atomic E-state index is 12.3. The Kier molecular flexibility index (Phi) is 7.84. The van der Waals surface area contributed by atoms with Gasteiger partial charge in [-0.15, -0.1) is 0 Å². The number of sulfone groups is 1. The van der Waals surface area contributed by atoms with Gasteiger partial charge < -0.3 is 10.2 Å². The van der Waals surface area contributed by atoms with Crippen molar-refractivity contribution in [2.45, 2.75) is 11.4 Å². The van der Waals surface area contributed by atoms with E-state index in [2.05, 4.69) is 15.6 Å². The highest BCUT2D eigenvalue weighted by Gasteiger charge is 2.16. The molecule has 0 aromatic heterocycles. The van der Waals surface area contributed by atoms with Gasteiger partial charge in [-0.05, 0) is 17.7 Å². The monoisotopic (exact) mass is 460 g/mol. The Labute approximate surface area is 187 Å². The number of hydrogen-bond donors (Lipinski definition) is 2. The van der Waals surface area contributed by atoms with Gasteiger partial charge in [0.15, 0.2) is 9.84 Å². The van der Waals surface area contributed by atoms with Crippen LogP contribution in [0, 0.1) is 0 Å². The molecule has 0 aliphatic carbocycles. The molecular formula is C22H25ClN4O3S. The normalized spacial score (nSPS) is 13.8. The molecule has 9 heteroatoms. The molecule has 1 heterocycles. The summed E-state index contributed by atoms with van der Waals surface area (Å²) in [5.41, 5.74) is 2.04. The lowest BCUT2D eigenvalue weighted by atomic mass is 10.1. The molecule has 0 bridgehead atoms. The second kappa shape index (κ2) is 10.6. The first-order valence-corrected chi connectivity index (χ1v) is 11.9. The first kappa shape index (κ1) is 23.0. The number of amides is 1. The average molecular weight is 461 g/mol. The molecule has 1 aliphatic rings. The minimum Gasteiger partial charge on any atom is -0.368 e. The molecule has 2 aromatic rings. The molecule has 0 unspecified atom stereocenters. The number of nitrogens with zero attached hydrogens (tertiary/aromatic N) is 2. The van der Waals surface area contributed by atoms with E-state index < -0.39 is 9.84 Å². The summed E-state index contributed by atoms with van der Waals surface area (Å²) in [6.45, 7) is 2.37. The zero-order valence-corrected chi connectivity index (χ0v) is 18.8. The minimum absolute atomic E-state index is 0.0887. The standard InChI is InChI=1S/C22H25ClN4O3S/c1-27(15-17-8-10-18(11-9-17)22-25-13-14-26-22)21(28)7-4-12-24-16-31(29,30)20-6-3-2-5-19(20)23/h2-11,24H,12-16H2,1H3,(H,25,26)/b7-4+. The van der Waals surface area contributed by atoms with E-state index in [0.29, 0.717) is 6.54 Å². The summed E-state index contributed by atoms with van der Waals surface area (Å²) in [6, 6.07) is 14.2. The quantitative estimate of drug-likeness (QED) is 0.442. The van der Waals surface area contributed by atoms with E-state index in [-0.39, 0.29) is 28.2 Å². The van der Waals surface area contributed by atoms with Crippen molar-refractivity contribution >= 4 is 33.2 Å². The third-order valence-corrected chi connectivity index (χ3v) is 6.74. The summed E-state index contributed by atoms with van der Waals surface area (Å²) in [7, 11) is -1.82. The Hall–Kier alpha value is -2.68. The summed E-state index contributed by atoms with van der Waals surface area (Å²) in [5.74, 6) is 0.474. The average Bonchev–Trinajstić information content (AvgIpc) is 3.29. The van der Waals surface area contributed by atoms with Gasteiger partial charge in [-0.1, -0.05) is 54.1 Å². The van der Waals surface area contributed by atoms with E-state index in [1.165, 1.54) is 18.2 Å². The molecule has 0 atom stereocenters. The number of halogens is 1. The molecule has 1 aliphatic heterocycles. The van der Waals surface area contributed by atoms with Crippen LogP contribution in [0.5, 0.6) is 0 Å². The maximum absolute atomic E-state index is 12.3. The Balaban J connectivity index is 1.44. The van der Waals surface area contributed by atoms with E-state index in [4.69, 9.17) is 11.6 Å². The van der Waals surface area contributed by atoms with Crippen LogP contribution in [0.2, 0.25) is 5.02 Å². The molecule has 31 heavy (non-hydrogen) atoms. The van der Waals surface area contributed by atoms with Crippen LogP contribution < -0.4 is 10.6 Å². The third-order valence-electron chi connectivity index (χ3n) is 4.68. The van der Waals surface area contributed by atoms with Gasteiger partial charge in [0, 0.05) is 38.3 Å². The SMILES string of the molecule is CN(Cc1ccc(C2=NCCN2)cc1)C(=O)/C=C/CNCS(=O)(=O)c1ccccc1Cl. The molecule has 0 radical (unpaired) electrons. The van der Waals surface area contributed by atoms with Crippen molar-refractivity contribution in [3.8, 4) is 0 Å². The van der Waals surface area contributed by atoms with Crippen LogP contribution >= 0.6 is 11.6 Å². The fraction of sp³-hybridized carbons (Fsp3) is 0.273. The van der Waals surface area contributed by atoms with Crippen molar-refractivity contribution in [2.24, 2.45) is 4.99 Å². The fourth-order valence-corrected chi connectivity index (χ4v) is 4.73. The first-order chi connectivity index (χ1) is 14.9. The zero-order valence-electron chi connectivity index (χ0n) is 17.2. The van der Waals surface area contributed by atoms with Crippen molar-refractivity contribution in [3.63, 3.8) is 0 Å². The van der Waals surface area contributed by atoms with E-state index in [9.17, 15) is 13.2 Å². The summed E-state index contributed by atoms with van der Waals surface area (Å²) >= 11 is 5.95. The zero-order chi connectivity index (χ0) is 22.3. The van der Waals surface area contributed by atoms with Gasteiger partial charge in [0.1, 0.15) is 11.7 Å². The number of hydrogen-bond acceptors (Lipinski definition) is 6. The van der Waals surface area contributed by atoms with Crippen LogP contribution in [-0.4, -0.2) is 57.6 Å². The number of likely N-dealkylation sites (N-methyl/N-ethyl adjacent to an activating group) is 1. The first-order valence-electron chi connectivity index (χ1n) is 9.84. The number of carbonyl (C=O) groups excluding carboxylic acids is 1. The van der Waals surface area contributed by atoms with Crippen molar-refractivity contribution < 1.29 is 13.2 Å². The summed E-state index contributed by atoms with van der Waals surface area (Å²) in [5, 5.41) is 6.23. The van der Waals surface area contributed by atoms with Gasteiger partial charge in [-0.2, -0.15) is 0 Å². The largest absolute Gasteiger partial charge is 0.368 e. The predicted octanol–water partition coefficient (Wildman–Crippen LogP) is 2.23. The Bertz CT molecular complexity index is 1080. The fourth-order valence-electron chi connectivity index (χ4n) is 3.05. The molecule has 0 fully saturated rings. The lowest BCUT2D eigenvalue weighted by molar-refractivity contribution is -0.125. The van der Waals surface area contributed by atoms with Crippen molar-refractivity contribution in [1.29, 1.82) is 0 Å². The van der Waals surface area contributed by atoms with E-state index >= 15 is 0 Å². The topological polar surface area (TPSA) is 90.9 Å². The number of amidine groups is 1. The Morgan fingerprint density at radius 1 is 1.23 bits per heavy atom. The van der Waals surface area contributed by atoms with Gasteiger partial charge in [-0.25, -0.2) is 8.42 Å². The lowest BCUT2D eigenvalue weighted by Gasteiger charge is -2.15. The third kappa shape index (κ3) is 6.40. The number of rotatable bonds is 9. The molecule has 0 spiro atoms. The van der Waals surface area contributed by atoms with Crippen LogP contribution in [0.4, 0.5) is 0 Å². The highest BCUT2D eigenvalue weighted by atomic mass is 35.5. The Morgan fingerprint density at radius 2 is 1.97 bits per heavy atom. The van der Waals surface area contributed by atoms with Crippen LogP contribution in [0.1, 0.15) is 11.1 Å². The van der Waals surface area contributed by atoms with Gasteiger partial charge in [0.05, 0.1) is 16.5 Å². The van der Waals surface area contributed by atoms with E-state index in [0.717, 1.165) is 30.1 Å².